The number of anilines is 2. The average molecular weight is 283 g/mol. The lowest BCUT2D eigenvalue weighted by molar-refractivity contribution is 0.0951. The zero-order valence-corrected chi connectivity index (χ0v) is 12.7. The van der Waals surface area contributed by atoms with Crippen LogP contribution in [0, 0.1) is 6.92 Å². The minimum Gasteiger partial charge on any atom is -0.397 e. The molecule has 0 aliphatic heterocycles. The number of nitrogens with zero attached hydrogens (tertiary/aromatic N) is 1. The van der Waals surface area contributed by atoms with Gasteiger partial charge in [-0.1, -0.05) is 24.3 Å². The highest BCUT2D eigenvalue weighted by Gasteiger charge is 2.09. The van der Waals surface area contributed by atoms with E-state index in [1.807, 2.05) is 56.3 Å². The molecule has 0 bridgehead atoms. The maximum Gasteiger partial charge on any atom is 0.251 e. The number of nitrogens with one attached hydrogen (secondary N) is 1. The summed E-state index contributed by atoms with van der Waals surface area (Å²) in [5, 5.41) is 2.92. The van der Waals surface area contributed by atoms with Gasteiger partial charge in [0.2, 0.25) is 0 Å². The fraction of sp³-hybridized carbons (Fsp3) is 0.235. The van der Waals surface area contributed by atoms with Crippen molar-refractivity contribution >= 4 is 17.3 Å². The van der Waals surface area contributed by atoms with Gasteiger partial charge >= 0.3 is 0 Å². The Morgan fingerprint density at radius 2 is 1.90 bits per heavy atom. The Balaban J connectivity index is 2.07. The van der Waals surface area contributed by atoms with Gasteiger partial charge in [0.15, 0.2) is 0 Å². The molecular formula is C17H21N3O. The molecule has 0 unspecified atom stereocenters. The van der Waals surface area contributed by atoms with E-state index < -0.39 is 0 Å². The van der Waals surface area contributed by atoms with Crippen LogP contribution in [0.5, 0.6) is 0 Å². The number of aryl methyl sites for hydroxylation is 1. The molecule has 3 N–H and O–H groups in total. The largest absolute Gasteiger partial charge is 0.397 e. The molecular weight excluding hydrogens is 262 g/mol. The number of carbonyl (C=O) groups excluding carboxylic acids is 1. The normalized spacial score (nSPS) is 10.2. The van der Waals surface area contributed by atoms with E-state index in [-0.39, 0.29) is 5.91 Å². The summed E-state index contributed by atoms with van der Waals surface area (Å²) in [6.45, 7) is 2.55. The molecule has 1 amide bonds. The smallest absolute Gasteiger partial charge is 0.251 e. The molecule has 2 aromatic rings. The van der Waals surface area contributed by atoms with Crippen molar-refractivity contribution in [3.63, 3.8) is 0 Å². The first-order chi connectivity index (χ1) is 9.99. The van der Waals surface area contributed by atoms with Gasteiger partial charge in [-0.15, -0.1) is 0 Å². The van der Waals surface area contributed by atoms with E-state index in [2.05, 4.69) is 5.32 Å². The zero-order valence-electron chi connectivity index (χ0n) is 12.7. The number of hydrogen-bond acceptors (Lipinski definition) is 3. The Bertz CT molecular complexity index is 650. The zero-order chi connectivity index (χ0) is 15.4. The lowest BCUT2D eigenvalue weighted by atomic mass is 10.1. The van der Waals surface area contributed by atoms with Crippen molar-refractivity contribution in [3.8, 4) is 0 Å². The second kappa shape index (κ2) is 6.31. The third-order valence-electron chi connectivity index (χ3n) is 3.47. The quantitative estimate of drug-likeness (QED) is 0.848. The SMILES string of the molecule is Cc1ccccc1CNC(=O)c1ccc(N(C)C)c(N)c1. The van der Waals surface area contributed by atoms with Gasteiger partial charge in [-0.2, -0.15) is 0 Å². The summed E-state index contributed by atoms with van der Waals surface area (Å²) >= 11 is 0. The molecule has 0 heterocycles. The van der Waals surface area contributed by atoms with Gasteiger partial charge in [0.1, 0.15) is 0 Å². The summed E-state index contributed by atoms with van der Waals surface area (Å²) in [5.74, 6) is -0.116. The molecule has 0 fully saturated rings. The van der Waals surface area contributed by atoms with Gasteiger partial charge < -0.3 is 16.0 Å². The topological polar surface area (TPSA) is 58.4 Å². The molecule has 110 valence electrons. The predicted octanol–water partition coefficient (Wildman–Crippen LogP) is 2.57. The van der Waals surface area contributed by atoms with E-state index in [4.69, 9.17) is 5.73 Å². The van der Waals surface area contributed by atoms with Crippen LogP contribution in [0.3, 0.4) is 0 Å². The maximum absolute atomic E-state index is 12.2. The van der Waals surface area contributed by atoms with E-state index in [1.165, 1.54) is 5.56 Å². The highest BCUT2D eigenvalue weighted by Crippen LogP contribution is 2.22. The number of carbonyl (C=O) groups is 1. The molecule has 2 aromatic carbocycles. The van der Waals surface area contributed by atoms with Crippen LogP contribution in [-0.4, -0.2) is 20.0 Å². The lowest BCUT2D eigenvalue weighted by Gasteiger charge is -2.16. The van der Waals surface area contributed by atoms with Crippen LogP contribution in [-0.2, 0) is 6.54 Å². The Labute approximate surface area is 125 Å². The molecule has 2 rings (SSSR count). The second-order valence-electron chi connectivity index (χ2n) is 5.28. The minimum atomic E-state index is -0.116. The molecule has 0 aliphatic carbocycles. The summed E-state index contributed by atoms with van der Waals surface area (Å²) in [7, 11) is 3.84. The van der Waals surface area contributed by atoms with E-state index in [0.717, 1.165) is 11.3 Å². The van der Waals surface area contributed by atoms with Gasteiger partial charge in [0, 0.05) is 26.2 Å². The number of benzene rings is 2. The first kappa shape index (κ1) is 14.9. The molecule has 0 saturated carbocycles. The number of nitrogens with two attached hydrogens (primary N) is 1. The molecule has 4 heteroatoms. The van der Waals surface area contributed by atoms with Crippen molar-refractivity contribution in [1.82, 2.24) is 5.32 Å². The van der Waals surface area contributed by atoms with Crippen molar-refractivity contribution < 1.29 is 4.79 Å². The third-order valence-corrected chi connectivity index (χ3v) is 3.47. The number of amides is 1. The standard InChI is InChI=1S/C17H21N3O/c1-12-6-4-5-7-14(12)11-19-17(21)13-8-9-16(20(2)3)15(18)10-13/h4-10H,11,18H2,1-3H3,(H,19,21). The summed E-state index contributed by atoms with van der Waals surface area (Å²) in [6, 6.07) is 13.4. The Hall–Kier alpha value is -2.49. The number of hydrogen-bond donors (Lipinski definition) is 2. The van der Waals surface area contributed by atoms with Gasteiger partial charge in [0.05, 0.1) is 11.4 Å². The molecule has 0 saturated heterocycles. The van der Waals surface area contributed by atoms with Gasteiger partial charge in [0.25, 0.3) is 5.91 Å². The molecule has 0 radical (unpaired) electrons. The van der Waals surface area contributed by atoms with E-state index in [0.29, 0.717) is 17.8 Å². The third kappa shape index (κ3) is 3.54. The van der Waals surface area contributed by atoms with Crippen LogP contribution in [0.2, 0.25) is 0 Å². The molecule has 0 aromatic heterocycles. The van der Waals surface area contributed by atoms with Crippen LogP contribution >= 0.6 is 0 Å². The molecule has 0 aliphatic rings. The minimum absolute atomic E-state index is 0.116. The molecule has 4 nitrogen and oxygen atoms in total. The van der Waals surface area contributed by atoms with Crippen molar-refractivity contribution in [2.45, 2.75) is 13.5 Å². The van der Waals surface area contributed by atoms with Crippen molar-refractivity contribution in [3.05, 3.63) is 59.2 Å². The average Bonchev–Trinajstić information content (AvgIpc) is 2.45. The molecule has 0 spiro atoms. The first-order valence-electron chi connectivity index (χ1n) is 6.88. The number of nitrogen functional groups attached to an aromatic ring is 1. The molecule has 0 atom stereocenters. The Kier molecular flexibility index (Phi) is 4.48. The van der Waals surface area contributed by atoms with Crippen molar-refractivity contribution in [1.29, 1.82) is 0 Å². The number of rotatable bonds is 4. The lowest BCUT2D eigenvalue weighted by Crippen LogP contribution is -2.23. The first-order valence-corrected chi connectivity index (χ1v) is 6.88. The van der Waals surface area contributed by atoms with Crippen LogP contribution < -0.4 is 16.0 Å². The monoisotopic (exact) mass is 283 g/mol. The predicted molar refractivity (Wildman–Crippen MR) is 87.5 cm³/mol. The van der Waals surface area contributed by atoms with Crippen LogP contribution in [0.15, 0.2) is 42.5 Å². The van der Waals surface area contributed by atoms with Gasteiger partial charge in [-0.25, -0.2) is 0 Å². The van der Waals surface area contributed by atoms with Gasteiger partial charge in [-0.05, 0) is 36.2 Å². The Morgan fingerprint density at radius 3 is 2.52 bits per heavy atom. The van der Waals surface area contributed by atoms with E-state index >= 15 is 0 Å². The van der Waals surface area contributed by atoms with E-state index in [1.54, 1.807) is 12.1 Å². The summed E-state index contributed by atoms with van der Waals surface area (Å²) < 4.78 is 0. The van der Waals surface area contributed by atoms with Crippen molar-refractivity contribution in [2.75, 3.05) is 24.7 Å². The van der Waals surface area contributed by atoms with Crippen molar-refractivity contribution in [2.24, 2.45) is 0 Å². The van der Waals surface area contributed by atoms with Gasteiger partial charge in [-0.3, -0.25) is 4.79 Å². The Morgan fingerprint density at radius 1 is 1.19 bits per heavy atom. The fourth-order valence-electron chi connectivity index (χ4n) is 2.19. The fourth-order valence-corrected chi connectivity index (χ4v) is 2.19. The highest BCUT2D eigenvalue weighted by atomic mass is 16.1. The summed E-state index contributed by atoms with van der Waals surface area (Å²) in [6.07, 6.45) is 0. The van der Waals surface area contributed by atoms with Crippen LogP contribution in [0.4, 0.5) is 11.4 Å². The summed E-state index contributed by atoms with van der Waals surface area (Å²) in [4.78, 5) is 14.1. The molecule has 21 heavy (non-hydrogen) atoms. The van der Waals surface area contributed by atoms with Crippen LogP contribution in [0.25, 0.3) is 0 Å². The second-order valence-corrected chi connectivity index (χ2v) is 5.28. The maximum atomic E-state index is 12.2. The van der Waals surface area contributed by atoms with E-state index in [9.17, 15) is 4.79 Å². The van der Waals surface area contributed by atoms with Crippen LogP contribution in [0.1, 0.15) is 21.5 Å². The summed E-state index contributed by atoms with van der Waals surface area (Å²) in [5.41, 5.74) is 10.3. The highest BCUT2D eigenvalue weighted by molar-refractivity contribution is 5.96.